The highest BCUT2D eigenvalue weighted by Gasteiger charge is 2.12. The van der Waals surface area contributed by atoms with Gasteiger partial charge in [-0.3, -0.25) is 4.98 Å². The molecule has 0 aromatic carbocycles. The van der Waals surface area contributed by atoms with Crippen LogP contribution >= 0.6 is 11.3 Å². The predicted octanol–water partition coefficient (Wildman–Crippen LogP) is 2.43. The third-order valence-corrected chi connectivity index (χ3v) is 3.05. The quantitative estimate of drug-likeness (QED) is 0.862. The average molecular weight is 233 g/mol. The maximum atomic E-state index is 4.37. The fourth-order valence-corrected chi connectivity index (χ4v) is 2.28. The van der Waals surface area contributed by atoms with E-state index in [-0.39, 0.29) is 0 Å². The fourth-order valence-electron chi connectivity index (χ4n) is 1.68. The van der Waals surface area contributed by atoms with Crippen LogP contribution in [0.3, 0.4) is 0 Å². The Kier molecular flexibility index (Phi) is 4.02. The molecule has 84 valence electrons. The van der Waals surface area contributed by atoms with Gasteiger partial charge in [0.2, 0.25) is 0 Å². The van der Waals surface area contributed by atoms with Crippen molar-refractivity contribution in [2.75, 3.05) is 6.54 Å². The molecule has 4 heteroatoms. The lowest BCUT2D eigenvalue weighted by molar-refractivity contribution is 0.539. The number of nitrogens with zero attached hydrogens (tertiary/aromatic N) is 2. The van der Waals surface area contributed by atoms with Gasteiger partial charge < -0.3 is 5.32 Å². The monoisotopic (exact) mass is 233 g/mol. The Morgan fingerprint density at radius 1 is 1.38 bits per heavy atom. The molecule has 2 aromatic rings. The Labute approximate surface area is 99.6 Å². The summed E-state index contributed by atoms with van der Waals surface area (Å²) >= 11 is 1.64. The molecule has 0 amide bonds. The van der Waals surface area contributed by atoms with E-state index in [0.29, 0.717) is 6.04 Å². The summed E-state index contributed by atoms with van der Waals surface area (Å²) in [5, 5.41) is 5.56. The summed E-state index contributed by atoms with van der Waals surface area (Å²) in [6.45, 7) is 3.07. The summed E-state index contributed by atoms with van der Waals surface area (Å²) in [7, 11) is 0. The van der Waals surface area contributed by atoms with E-state index in [9.17, 15) is 0 Å². The molecule has 2 rings (SSSR count). The summed E-state index contributed by atoms with van der Waals surface area (Å²) in [5.41, 5.74) is 4.30. The van der Waals surface area contributed by atoms with Gasteiger partial charge in [0.25, 0.3) is 0 Å². The molecular formula is C12H15N3S. The Hall–Kier alpha value is -1.26. The van der Waals surface area contributed by atoms with Crippen LogP contribution in [-0.2, 0) is 6.42 Å². The smallest absolute Gasteiger partial charge is 0.0795 e. The van der Waals surface area contributed by atoms with Crippen molar-refractivity contribution in [3.05, 3.63) is 46.7 Å². The highest BCUT2D eigenvalue weighted by molar-refractivity contribution is 7.07. The van der Waals surface area contributed by atoms with Gasteiger partial charge in [-0.2, -0.15) is 0 Å². The van der Waals surface area contributed by atoms with Crippen molar-refractivity contribution >= 4 is 11.3 Å². The number of rotatable bonds is 5. The van der Waals surface area contributed by atoms with Crippen LogP contribution in [-0.4, -0.2) is 16.5 Å². The van der Waals surface area contributed by atoms with Gasteiger partial charge >= 0.3 is 0 Å². The Morgan fingerprint density at radius 3 is 2.81 bits per heavy atom. The van der Waals surface area contributed by atoms with Crippen molar-refractivity contribution < 1.29 is 0 Å². The average Bonchev–Trinajstić information content (AvgIpc) is 2.83. The zero-order chi connectivity index (χ0) is 11.2. The molecule has 0 fully saturated rings. The molecule has 1 N–H and O–H groups in total. The van der Waals surface area contributed by atoms with E-state index in [1.807, 2.05) is 17.9 Å². The van der Waals surface area contributed by atoms with Gasteiger partial charge in [0, 0.05) is 17.8 Å². The lowest BCUT2D eigenvalue weighted by atomic mass is 10.1. The molecule has 0 spiro atoms. The minimum Gasteiger partial charge on any atom is -0.309 e. The van der Waals surface area contributed by atoms with Gasteiger partial charge in [-0.25, -0.2) is 4.98 Å². The van der Waals surface area contributed by atoms with Gasteiger partial charge in [-0.05, 0) is 30.7 Å². The molecule has 0 saturated carbocycles. The standard InChI is InChI=1S/C12H15N3S/c1-2-14-11(12-8-16-9-15-12)7-10-3-5-13-6-4-10/h3-6,8-9,11,14H,2,7H2,1H3. The van der Waals surface area contributed by atoms with E-state index >= 15 is 0 Å². The molecule has 0 aliphatic rings. The van der Waals surface area contributed by atoms with E-state index in [0.717, 1.165) is 18.7 Å². The number of likely N-dealkylation sites (N-methyl/N-ethyl adjacent to an activating group) is 1. The van der Waals surface area contributed by atoms with E-state index < -0.39 is 0 Å². The van der Waals surface area contributed by atoms with Crippen molar-refractivity contribution in [3.63, 3.8) is 0 Å². The summed E-state index contributed by atoms with van der Waals surface area (Å²) in [6, 6.07) is 4.41. The van der Waals surface area contributed by atoms with Crippen LogP contribution in [0, 0.1) is 0 Å². The second-order valence-corrected chi connectivity index (χ2v) is 4.30. The van der Waals surface area contributed by atoms with Crippen LogP contribution < -0.4 is 5.32 Å². The summed E-state index contributed by atoms with van der Waals surface area (Å²) in [4.78, 5) is 8.40. The molecule has 0 bridgehead atoms. The second kappa shape index (κ2) is 5.72. The zero-order valence-corrected chi connectivity index (χ0v) is 10.1. The molecule has 2 heterocycles. The summed E-state index contributed by atoms with van der Waals surface area (Å²) < 4.78 is 0. The zero-order valence-electron chi connectivity index (χ0n) is 9.26. The Morgan fingerprint density at radius 2 is 2.19 bits per heavy atom. The molecule has 0 radical (unpaired) electrons. The number of hydrogen-bond donors (Lipinski definition) is 1. The second-order valence-electron chi connectivity index (χ2n) is 3.58. The molecule has 0 aliphatic heterocycles. The molecule has 0 saturated heterocycles. The molecular weight excluding hydrogens is 218 g/mol. The van der Waals surface area contributed by atoms with Crippen LogP contribution in [0.5, 0.6) is 0 Å². The van der Waals surface area contributed by atoms with Crippen LogP contribution in [0.2, 0.25) is 0 Å². The van der Waals surface area contributed by atoms with Gasteiger partial charge in [0.15, 0.2) is 0 Å². The highest BCUT2D eigenvalue weighted by atomic mass is 32.1. The van der Waals surface area contributed by atoms with Crippen LogP contribution in [0.15, 0.2) is 35.4 Å². The normalized spacial score (nSPS) is 12.6. The van der Waals surface area contributed by atoms with Gasteiger partial charge in [-0.1, -0.05) is 6.92 Å². The topological polar surface area (TPSA) is 37.8 Å². The maximum absolute atomic E-state index is 4.37. The lowest BCUT2D eigenvalue weighted by Gasteiger charge is -2.15. The largest absolute Gasteiger partial charge is 0.309 e. The fraction of sp³-hybridized carbons (Fsp3) is 0.333. The van der Waals surface area contributed by atoms with E-state index in [2.05, 4.69) is 39.7 Å². The molecule has 1 unspecified atom stereocenters. The first-order chi connectivity index (χ1) is 7.90. The Bertz CT molecular complexity index is 399. The van der Waals surface area contributed by atoms with Crippen LogP contribution in [0.25, 0.3) is 0 Å². The first-order valence-corrected chi connectivity index (χ1v) is 6.34. The summed E-state index contributed by atoms with van der Waals surface area (Å²) in [6.07, 6.45) is 4.62. The SMILES string of the molecule is CCNC(Cc1ccncc1)c1cscn1. The molecule has 0 aliphatic carbocycles. The van der Waals surface area contributed by atoms with E-state index in [1.54, 1.807) is 11.3 Å². The molecule has 1 atom stereocenters. The lowest BCUT2D eigenvalue weighted by Crippen LogP contribution is -2.23. The summed E-state index contributed by atoms with van der Waals surface area (Å²) in [5.74, 6) is 0. The molecule has 3 nitrogen and oxygen atoms in total. The van der Waals surface area contributed by atoms with Crippen LogP contribution in [0.1, 0.15) is 24.2 Å². The van der Waals surface area contributed by atoms with Gasteiger partial charge in [-0.15, -0.1) is 11.3 Å². The van der Waals surface area contributed by atoms with Gasteiger partial charge in [0.1, 0.15) is 0 Å². The number of thiazole rings is 1. The third-order valence-electron chi connectivity index (χ3n) is 2.45. The minimum absolute atomic E-state index is 0.304. The Balaban J connectivity index is 2.09. The van der Waals surface area contributed by atoms with Gasteiger partial charge in [0.05, 0.1) is 17.2 Å². The van der Waals surface area contributed by atoms with Crippen molar-refractivity contribution in [2.45, 2.75) is 19.4 Å². The first kappa shape index (κ1) is 11.2. The third kappa shape index (κ3) is 2.87. The molecule has 2 aromatic heterocycles. The highest BCUT2D eigenvalue weighted by Crippen LogP contribution is 2.17. The van der Waals surface area contributed by atoms with Crippen molar-refractivity contribution in [3.8, 4) is 0 Å². The molecule has 16 heavy (non-hydrogen) atoms. The number of aromatic nitrogens is 2. The predicted molar refractivity (Wildman–Crippen MR) is 66.5 cm³/mol. The number of pyridine rings is 1. The minimum atomic E-state index is 0.304. The first-order valence-electron chi connectivity index (χ1n) is 5.40. The van der Waals surface area contributed by atoms with Crippen molar-refractivity contribution in [1.82, 2.24) is 15.3 Å². The number of nitrogens with one attached hydrogen (secondary N) is 1. The van der Waals surface area contributed by atoms with Crippen molar-refractivity contribution in [2.24, 2.45) is 0 Å². The van der Waals surface area contributed by atoms with E-state index in [4.69, 9.17) is 0 Å². The van der Waals surface area contributed by atoms with E-state index in [1.165, 1.54) is 5.56 Å². The van der Waals surface area contributed by atoms with Crippen molar-refractivity contribution in [1.29, 1.82) is 0 Å². The number of hydrogen-bond acceptors (Lipinski definition) is 4. The van der Waals surface area contributed by atoms with Crippen LogP contribution in [0.4, 0.5) is 0 Å². The maximum Gasteiger partial charge on any atom is 0.0795 e.